The number of furan rings is 1. The van der Waals surface area contributed by atoms with Crippen LogP contribution in [0.2, 0.25) is 0 Å². The van der Waals surface area contributed by atoms with E-state index in [9.17, 15) is 4.79 Å². The summed E-state index contributed by atoms with van der Waals surface area (Å²) in [5, 5.41) is 11.7. The first kappa shape index (κ1) is 21.9. The van der Waals surface area contributed by atoms with Gasteiger partial charge in [0.25, 0.3) is 5.91 Å². The van der Waals surface area contributed by atoms with E-state index in [4.69, 9.17) is 13.9 Å². The van der Waals surface area contributed by atoms with Gasteiger partial charge in [-0.3, -0.25) is 9.69 Å². The lowest BCUT2D eigenvalue weighted by molar-refractivity contribution is 0.0953. The van der Waals surface area contributed by atoms with Crippen LogP contribution < -0.4 is 14.8 Å². The number of ether oxygens (including phenoxy) is 2. The van der Waals surface area contributed by atoms with Gasteiger partial charge in [0, 0.05) is 56.7 Å². The summed E-state index contributed by atoms with van der Waals surface area (Å²) in [4.78, 5) is 14.5. The lowest BCUT2D eigenvalue weighted by atomic mass is 10.1. The predicted molar refractivity (Wildman–Crippen MR) is 118 cm³/mol. The van der Waals surface area contributed by atoms with Crippen LogP contribution in [0.1, 0.15) is 33.1 Å². The standard InChI is InChI=1S/C23H29N5O4/c1-16-19(30-2)5-4-17(22(16)31-3)14-27-10-7-21-26-25-20(28(21)12-11-27)6-9-24-23(29)18-8-13-32-15-18/h4-5,8,13,15H,6-7,9-12,14H2,1-3H3,(H,24,29). The Hall–Kier alpha value is -3.33. The average molecular weight is 440 g/mol. The fraction of sp³-hybridized carbons (Fsp3) is 0.435. The Morgan fingerprint density at radius 1 is 1.16 bits per heavy atom. The van der Waals surface area contributed by atoms with Crippen LogP contribution in [-0.4, -0.2) is 59.4 Å². The van der Waals surface area contributed by atoms with Crippen molar-refractivity contribution in [1.29, 1.82) is 0 Å². The van der Waals surface area contributed by atoms with E-state index >= 15 is 0 Å². The van der Waals surface area contributed by atoms with Crippen molar-refractivity contribution in [3.8, 4) is 11.5 Å². The van der Waals surface area contributed by atoms with Crippen molar-refractivity contribution < 1.29 is 18.7 Å². The van der Waals surface area contributed by atoms with Crippen LogP contribution in [0.4, 0.5) is 0 Å². The molecule has 1 amide bonds. The number of aromatic nitrogens is 3. The molecular weight excluding hydrogens is 410 g/mol. The van der Waals surface area contributed by atoms with E-state index in [0.29, 0.717) is 18.5 Å². The summed E-state index contributed by atoms with van der Waals surface area (Å²) >= 11 is 0. The fourth-order valence-electron chi connectivity index (χ4n) is 4.15. The number of amides is 1. The van der Waals surface area contributed by atoms with E-state index in [0.717, 1.165) is 66.9 Å². The number of rotatable bonds is 8. The molecule has 0 aliphatic carbocycles. The summed E-state index contributed by atoms with van der Waals surface area (Å²) < 4.78 is 18.2. The number of nitrogens with zero attached hydrogens (tertiary/aromatic N) is 4. The third kappa shape index (κ3) is 4.62. The quantitative estimate of drug-likeness (QED) is 0.575. The Morgan fingerprint density at radius 3 is 2.78 bits per heavy atom. The molecule has 0 saturated heterocycles. The largest absolute Gasteiger partial charge is 0.496 e. The molecule has 0 fully saturated rings. The first-order valence-corrected chi connectivity index (χ1v) is 10.7. The zero-order valence-electron chi connectivity index (χ0n) is 18.8. The summed E-state index contributed by atoms with van der Waals surface area (Å²) in [7, 11) is 3.37. The number of benzene rings is 1. The molecule has 3 heterocycles. The van der Waals surface area contributed by atoms with Gasteiger partial charge in [0.1, 0.15) is 29.4 Å². The van der Waals surface area contributed by atoms with Gasteiger partial charge >= 0.3 is 0 Å². The summed E-state index contributed by atoms with van der Waals surface area (Å²) in [6.07, 6.45) is 4.38. The Kier molecular flexibility index (Phi) is 6.75. The maximum Gasteiger partial charge on any atom is 0.254 e. The lowest BCUT2D eigenvalue weighted by Gasteiger charge is -2.22. The Bertz CT molecular complexity index is 1060. The van der Waals surface area contributed by atoms with Gasteiger partial charge < -0.3 is 23.8 Å². The van der Waals surface area contributed by atoms with Gasteiger partial charge in [0.05, 0.1) is 26.0 Å². The summed E-state index contributed by atoms with van der Waals surface area (Å²) in [5.41, 5.74) is 2.68. The van der Waals surface area contributed by atoms with E-state index in [1.165, 1.54) is 12.5 Å². The van der Waals surface area contributed by atoms with Crippen LogP contribution in [0.25, 0.3) is 0 Å². The molecule has 1 N–H and O–H groups in total. The fourth-order valence-corrected chi connectivity index (χ4v) is 4.15. The molecule has 170 valence electrons. The van der Waals surface area contributed by atoms with Crippen LogP contribution in [-0.2, 0) is 25.9 Å². The SMILES string of the molecule is COc1ccc(CN2CCc3nnc(CCNC(=O)c4ccoc4)n3CC2)c(OC)c1C. The normalized spacial score (nSPS) is 14.0. The number of carbonyl (C=O) groups is 1. The van der Waals surface area contributed by atoms with Gasteiger partial charge in [-0.1, -0.05) is 6.07 Å². The maximum absolute atomic E-state index is 12.1. The first-order valence-electron chi connectivity index (χ1n) is 10.7. The Balaban J connectivity index is 1.36. The van der Waals surface area contributed by atoms with E-state index in [1.807, 2.05) is 13.0 Å². The molecule has 0 atom stereocenters. The Labute approximate surface area is 187 Å². The molecule has 0 saturated carbocycles. The average Bonchev–Trinajstić information content (AvgIpc) is 3.42. The number of hydrogen-bond donors (Lipinski definition) is 1. The van der Waals surface area contributed by atoms with E-state index in [2.05, 4.69) is 31.0 Å². The molecule has 0 bridgehead atoms. The molecule has 2 aromatic heterocycles. The van der Waals surface area contributed by atoms with Gasteiger partial charge in [-0.05, 0) is 19.1 Å². The van der Waals surface area contributed by atoms with Crippen molar-refractivity contribution in [3.63, 3.8) is 0 Å². The number of fused-ring (bicyclic) bond motifs is 1. The van der Waals surface area contributed by atoms with Crippen LogP contribution in [0.3, 0.4) is 0 Å². The minimum Gasteiger partial charge on any atom is -0.496 e. The number of carbonyl (C=O) groups excluding carboxylic acids is 1. The molecule has 9 heteroatoms. The molecule has 0 radical (unpaired) electrons. The molecule has 3 aromatic rings. The zero-order valence-corrected chi connectivity index (χ0v) is 18.8. The van der Waals surface area contributed by atoms with Crippen molar-refractivity contribution in [1.82, 2.24) is 25.0 Å². The van der Waals surface area contributed by atoms with E-state index in [-0.39, 0.29) is 5.91 Å². The van der Waals surface area contributed by atoms with Gasteiger partial charge in [0.15, 0.2) is 0 Å². The molecule has 1 aliphatic heterocycles. The smallest absolute Gasteiger partial charge is 0.254 e. The van der Waals surface area contributed by atoms with Crippen molar-refractivity contribution in [2.24, 2.45) is 0 Å². The number of nitrogens with one attached hydrogen (secondary N) is 1. The Morgan fingerprint density at radius 2 is 2.03 bits per heavy atom. The topological polar surface area (TPSA) is 94.6 Å². The number of hydrogen-bond acceptors (Lipinski definition) is 7. The monoisotopic (exact) mass is 439 g/mol. The highest BCUT2D eigenvalue weighted by atomic mass is 16.5. The van der Waals surface area contributed by atoms with Crippen LogP contribution in [0.15, 0.2) is 35.1 Å². The minimum absolute atomic E-state index is 0.149. The third-order valence-corrected chi connectivity index (χ3v) is 5.87. The maximum atomic E-state index is 12.1. The summed E-state index contributed by atoms with van der Waals surface area (Å²) in [5.74, 6) is 3.44. The second kappa shape index (κ2) is 9.86. The van der Waals surface area contributed by atoms with Crippen LogP contribution >= 0.6 is 0 Å². The van der Waals surface area contributed by atoms with Gasteiger partial charge in [-0.15, -0.1) is 10.2 Å². The van der Waals surface area contributed by atoms with Crippen molar-refractivity contribution in [3.05, 3.63) is 59.1 Å². The molecule has 32 heavy (non-hydrogen) atoms. The second-order valence-electron chi connectivity index (χ2n) is 7.81. The third-order valence-electron chi connectivity index (χ3n) is 5.87. The zero-order chi connectivity index (χ0) is 22.5. The molecule has 1 aliphatic rings. The molecule has 0 spiro atoms. The molecular formula is C23H29N5O4. The lowest BCUT2D eigenvalue weighted by Crippen LogP contribution is -2.28. The van der Waals surface area contributed by atoms with Crippen molar-refractivity contribution in [2.45, 2.75) is 32.9 Å². The predicted octanol–water partition coefficient (Wildman–Crippen LogP) is 2.23. The highest BCUT2D eigenvalue weighted by Crippen LogP contribution is 2.32. The van der Waals surface area contributed by atoms with Gasteiger partial charge in [-0.2, -0.15) is 0 Å². The molecule has 9 nitrogen and oxygen atoms in total. The van der Waals surface area contributed by atoms with Crippen LogP contribution in [0, 0.1) is 6.92 Å². The molecule has 4 rings (SSSR count). The van der Waals surface area contributed by atoms with E-state index in [1.54, 1.807) is 20.3 Å². The highest BCUT2D eigenvalue weighted by Gasteiger charge is 2.21. The van der Waals surface area contributed by atoms with Crippen LogP contribution in [0.5, 0.6) is 11.5 Å². The number of methoxy groups -OCH3 is 2. The van der Waals surface area contributed by atoms with Gasteiger partial charge in [0.2, 0.25) is 0 Å². The van der Waals surface area contributed by atoms with Crippen molar-refractivity contribution in [2.75, 3.05) is 33.9 Å². The first-order chi connectivity index (χ1) is 15.6. The summed E-state index contributed by atoms with van der Waals surface area (Å²) in [6, 6.07) is 5.71. The van der Waals surface area contributed by atoms with E-state index < -0.39 is 0 Å². The van der Waals surface area contributed by atoms with Crippen molar-refractivity contribution >= 4 is 5.91 Å². The van der Waals surface area contributed by atoms with Gasteiger partial charge in [-0.25, -0.2) is 0 Å². The second-order valence-corrected chi connectivity index (χ2v) is 7.81. The minimum atomic E-state index is -0.149. The highest BCUT2D eigenvalue weighted by molar-refractivity contribution is 5.93. The molecule has 1 aromatic carbocycles. The summed E-state index contributed by atoms with van der Waals surface area (Å²) in [6.45, 7) is 5.89. The molecule has 0 unspecified atom stereocenters.